The summed E-state index contributed by atoms with van der Waals surface area (Å²) in [6, 6.07) is 0.633. The zero-order valence-corrected chi connectivity index (χ0v) is 11.7. The number of hydrogen-bond donors (Lipinski definition) is 1. The summed E-state index contributed by atoms with van der Waals surface area (Å²) < 4.78 is 0. The van der Waals surface area contributed by atoms with E-state index in [1.165, 1.54) is 19.4 Å². The molecule has 0 bridgehead atoms. The van der Waals surface area contributed by atoms with Gasteiger partial charge in [-0.05, 0) is 45.6 Å². The Kier molecular flexibility index (Phi) is 6.56. The van der Waals surface area contributed by atoms with Gasteiger partial charge >= 0.3 is 0 Å². The van der Waals surface area contributed by atoms with Crippen molar-refractivity contribution in [1.82, 2.24) is 10.2 Å². The quantitative estimate of drug-likeness (QED) is 0.773. The van der Waals surface area contributed by atoms with Gasteiger partial charge in [0, 0.05) is 25.6 Å². The van der Waals surface area contributed by atoms with E-state index in [0.29, 0.717) is 18.4 Å². The van der Waals surface area contributed by atoms with Crippen LogP contribution in [0, 0.1) is 5.92 Å². The minimum absolute atomic E-state index is 0.230. The summed E-state index contributed by atoms with van der Waals surface area (Å²) in [6.45, 7) is 9.86. The van der Waals surface area contributed by atoms with Gasteiger partial charge in [-0.1, -0.05) is 13.3 Å². The van der Waals surface area contributed by atoms with E-state index in [1.807, 2.05) is 0 Å². The summed E-state index contributed by atoms with van der Waals surface area (Å²) in [5, 5.41) is 3.08. The number of likely N-dealkylation sites (tertiary alicyclic amines) is 1. The van der Waals surface area contributed by atoms with Crippen molar-refractivity contribution < 1.29 is 4.79 Å². The standard InChI is InChI=1S/C14H28N2O/c1-4-5-8-14(17)15-10-13-7-6-9-16(11-13)12(2)3/h12-13H,4-11H2,1-3H3,(H,15,17). The third-order valence-corrected chi connectivity index (χ3v) is 3.63. The van der Waals surface area contributed by atoms with E-state index in [4.69, 9.17) is 0 Å². The highest BCUT2D eigenvalue weighted by molar-refractivity contribution is 5.75. The van der Waals surface area contributed by atoms with Crippen molar-refractivity contribution in [3.63, 3.8) is 0 Å². The third-order valence-electron chi connectivity index (χ3n) is 3.63. The van der Waals surface area contributed by atoms with Crippen LogP contribution in [0.5, 0.6) is 0 Å². The maximum absolute atomic E-state index is 11.5. The number of unbranched alkanes of at least 4 members (excludes halogenated alkanes) is 1. The second kappa shape index (κ2) is 7.70. The summed E-state index contributed by atoms with van der Waals surface area (Å²) in [5.41, 5.74) is 0. The minimum Gasteiger partial charge on any atom is -0.356 e. The summed E-state index contributed by atoms with van der Waals surface area (Å²) in [4.78, 5) is 14.1. The lowest BCUT2D eigenvalue weighted by Gasteiger charge is -2.35. The van der Waals surface area contributed by atoms with Crippen LogP contribution >= 0.6 is 0 Å². The SMILES string of the molecule is CCCCC(=O)NCC1CCCN(C(C)C)C1. The molecule has 0 radical (unpaired) electrons. The summed E-state index contributed by atoms with van der Waals surface area (Å²) in [7, 11) is 0. The minimum atomic E-state index is 0.230. The first kappa shape index (κ1) is 14.5. The Morgan fingerprint density at radius 2 is 2.24 bits per heavy atom. The molecule has 1 aliphatic heterocycles. The predicted molar refractivity (Wildman–Crippen MR) is 72.0 cm³/mol. The fraction of sp³-hybridized carbons (Fsp3) is 0.929. The molecule has 1 unspecified atom stereocenters. The molecular weight excluding hydrogens is 212 g/mol. The Balaban J connectivity index is 2.20. The molecule has 1 rings (SSSR count). The maximum Gasteiger partial charge on any atom is 0.220 e. The zero-order chi connectivity index (χ0) is 12.7. The largest absolute Gasteiger partial charge is 0.356 e. The van der Waals surface area contributed by atoms with Crippen molar-refractivity contribution in [2.24, 2.45) is 5.92 Å². The molecule has 1 fully saturated rings. The highest BCUT2D eigenvalue weighted by Crippen LogP contribution is 2.17. The molecule has 0 spiro atoms. The Morgan fingerprint density at radius 3 is 2.88 bits per heavy atom. The van der Waals surface area contributed by atoms with Crippen LogP contribution in [0.25, 0.3) is 0 Å². The first-order valence-corrected chi connectivity index (χ1v) is 7.14. The Morgan fingerprint density at radius 1 is 1.47 bits per heavy atom. The van der Waals surface area contributed by atoms with Crippen LogP contribution in [0.15, 0.2) is 0 Å². The van der Waals surface area contributed by atoms with Gasteiger partial charge in [0.1, 0.15) is 0 Å². The Bertz CT molecular complexity index is 228. The molecule has 1 N–H and O–H groups in total. The molecule has 3 nitrogen and oxygen atoms in total. The summed E-state index contributed by atoms with van der Waals surface area (Å²) >= 11 is 0. The van der Waals surface area contributed by atoms with Crippen LogP contribution in [0.1, 0.15) is 52.9 Å². The Labute approximate surface area is 106 Å². The van der Waals surface area contributed by atoms with Gasteiger partial charge in [0.25, 0.3) is 0 Å². The van der Waals surface area contributed by atoms with E-state index < -0.39 is 0 Å². The number of nitrogens with one attached hydrogen (secondary N) is 1. The lowest BCUT2D eigenvalue weighted by Crippen LogP contribution is -2.43. The molecule has 0 aromatic carbocycles. The van der Waals surface area contributed by atoms with Gasteiger partial charge in [0.2, 0.25) is 5.91 Å². The second-order valence-electron chi connectivity index (χ2n) is 5.50. The lowest BCUT2D eigenvalue weighted by molar-refractivity contribution is -0.121. The number of carbonyl (C=O) groups excluding carboxylic acids is 1. The van der Waals surface area contributed by atoms with Gasteiger partial charge in [0.15, 0.2) is 0 Å². The van der Waals surface area contributed by atoms with E-state index >= 15 is 0 Å². The van der Waals surface area contributed by atoms with E-state index in [9.17, 15) is 4.79 Å². The van der Waals surface area contributed by atoms with Crippen LogP contribution in [0.3, 0.4) is 0 Å². The molecule has 0 aromatic rings. The number of amides is 1. The molecule has 0 aromatic heterocycles. The first-order chi connectivity index (χ1) is 8.13. The Hall–Kier alpha value is -0.570. The third kappa shape index (κ3) is 5.53. The average Bonchev–Trinajstić information content (AvgIpc) is 2.34. The molecule has 1 aliphatic rings. The van der Waals surface area contributed by atoms with Crippen molar-refractivity contribution in [3.05, 3.63) is 0 Å². The van der Waals surface area contributed by atoms with Gasteiger partial charge < -0.3 is 10.2 Å². The van der Waals surface area contributed by atoms with E-state index in [-0.39, 0.29) is 5.91 Å². The first-order valence-electron chi connectivity index (χ1n) is 7.14. The zero-order valence-electron chi connectivity index (χ0n) is 11.7. The monoisotopic (exact) mass is 240 g/mol. The molecule has 1 heterocycles. The van der Waals surface area contributed by atoms with Crippen molar-refractivity contribution in [3.8, 4) is 0 Å². The number of rotatable bonds is 6. The van der Waals surface area contributed by atoms with Crippen LogP contribution in [0.2, 0.25) is 0 Å². The highest BCUT2D eigenvalue weighted by atomic mass is 16.1. The molecule has 100 valence electrons. The lowest BCUT2D eigenvalue weighted by atomic mass is 9.97. The topological polar surface area (TPSA) is 32.3 Å². The summed E-state index contributed by atoms with van der Waals surface area (Å²) in [5.74, 6) is 0.880. The fourth-order valence-electron chi connectivity index (χ4n) is 2.42. The van der Waals surface area contributed by atoms with Crippen molar-refractivity contribution in [2.45, 2.75) is 58.9 Å². The molecule has 0 saturated carbocycles. The van der Waals surface area contributed by atoms with Gasteiger partial charge in [-0.15, -0.1) is 0 Å². The maximum atomic E-state index is 11.5. The van der Waals surface area contributed by atoms with Crippen LogP contribution in [-0.2, 0) is 4.79 Å². The predicted octanol–water partition coefficient (Wildman–Crippen LogP) is 2.41. The summed E-state index contributed by atoms with van der Waals surface area (Å²) in [6.07, 6.45) is 5.33. The fourth-order valence-corrected chi connectivity index (χ4v) is 2.42. The van der Waals surface area contributed by atoms with Gasteiger partial charge in [0.05, 0.1) is 0 Å². The van der Waals surface area contributed by atoms with Crippen molar-refractivity contribution in [2.75, 3.05) is 19.6 Å². The molecule has 3 heteroatoms. The van der Waals surface area contributed by atoms with E-state index in [0.717, 1.165) is 25.9 Å². The highest BCUT2D eigenvalue weighted by Gasteiger charge is 2.21. The van der Waals surface area contributed by atoms with E-state index in [1.54, 1.807) is 0 Å². The molecule has 17 heavy (non-hydrogen) atoms. The number of hydrogen-bond acceptors (Lipinski definition) is 2. The van der Waals surface area contributed by atoms with Crippen LogP contribution in [-0.4, -0.2) is 36.5 Å². The number of piperidine rings is 1. The van der Waals surface area contributed by atoms with E-state index in [2.05, 4.69) is 31.0 Å². The van der Waals surface area contributed by atoms with Gasteiger partial charge in [-0.25, -0.2) is 0 Å². The number of carbonyl (C=O) groups is 1. The normalized spacial score (nSPS) is 21.8. The van der Waals surface area contributed by atoms with Crippen LogP contribution in [0.4, 0.5) is 0 Å². The molecular formula is C14H28N2O. The molecule has 1 amide bonds. The molecule has 0 aliphatic carbocycles. The van der Waals surface area contributed by atoms with Gasteiger partial charge in [-0.2, -0.15) is 0 Å². The second-order valence-corrected chi connectivity index (χ2v) is 5.50. The van der Waals surface area contributed by atoms with Crippen molar-refractivity contribution >= 4 is 5.91 Å². The van der Waals surface area contributed by atoms with Crippen molar-refractivity contribution in [1.29, 1.82) is 0 Å². The van der Waals surface area contributed by atoms with Crippen LogP contribution < -0.4 is 5.32 Å². The smallest absolute Gasteiger partial charge is 0.220 e. The van der Waals surface area contributed by atoms with Gasteiger partial charge in [-0.3, -0.25) is 4.79 Å². The molecule has 1 saturated heterocycles. The molecule has 1 atom stereocenters. The average molecular weight is 240 g/mol. The number of nitrogens with zero attached hydrogens (tertiary/aromatic N) is 1.